The van der Waals surface area contributed by atoms with Crippen LogP contribution >= 0.6 is 0 Å². The van der Waals surface area contributed by atoms with Crippen molar-refractivity contribution in [1.29, 1.82) is 0 Å². The van der Waals surface area contributed by atoms with Gasteiger partial charge in [0.2, 0.25) is 0 Å². The van der Waals surface area contributed by atoms with Crippen LogP contribution in [0.3, 0.4) is 0 Å². The summed E-state index contributed by atoms with van der Waals surface area (Å²) in [5.74, 6) is 0. The summed E-state index contributed by atoms with van der Waals surface area (Å²) in [4.78, 5) is 10.0. The summed E-state index contributed by atoms with van der Waals surface area (Å²) in [6, 6.07) is 0. The molecule has 0 aliphatic rings. The Morgan fingerprint density at radius 3 is 1.80 bits per heavy atom. The summed E-state index contributed by atoms with van der Waals surface area (Å²) in [5, 5.41) is 0. The first-order chi connectivity index (χ1) is 4.72. The molecule has 10 heavy (non-hydrogen) atoms. The quantitative estimate of drug-likeness (QED) is 0.327. The number of carbonyl (C=O) groups is 1. The molecule has 0 aliphatic heterocycles. The SMILES string of the molecule is C=C(C)/C(C=O)=C\C.CC. The van der Waals surface area contributed by atoms with Crippen LogP contribution in [0.5, 0.6) is 0 Å². The summed E-state index contributed by atoms with van der Waals surface area (Å²) >= 11 is 0. The van der Waals surface area contributed by atoms with E-state index >= 15 is 0 Å². The Bertz CT molecular complexity index is 132. The van der Waals surface area contributed by atoms with E-state index in [1.54, 1.807) is 6.08 Å². The lowest BCUT2D eigenvalue weighted by Gasteiger charge is -1.90. The van der Waals surface area contributed by atoms with Gasteiger partial charge in [-0.1, -0.05) is 26.5 Å². The van der Waals surface area contributed by atoms with E-state index in [1.807, 2.05) is 27.7 Å². The van der Waals surface area contributed by atoms with Crippen molar-refractivity contribution in [2.24, 2.45) is 0 Å². The average Bonchev–Trinajstić information content (AvgIpc) is 1.94. The summed E-state index contributed by atoms with van der Waals surface area (Å²) in [7, 11) is 0. The Morgan fingerprint density at radius 1 is 1.40 bits per heavy atom. The maximum Gasteiger partial charge on any atom is 0.149 e. The van der Waals surface area contributed by atoms with Gasteiger partial charge in [-0.25, -0.2) is 0 Å². The second-order valence-electron chi connectivity index (χ2n) is 1.64. The van der Waals surface area contributed by atoms with Gasteiger partial charge in [-0.3, -0.25) is 4.79 Å². The average molecular weight is 140 g/mol. The maximum atomic E-state index is 10.0. The van der Waals surface area contributed by atoms with Crippen LogP contribution in [0, 0.1) is 0 Å². The minimum Gasteiger partial charge on any atom is -0.298 e. The lowest BCUT2D eigenvalue weighted by molar-refractivity contribution is -0.104. The first-order valence-corrected chi connectivity index (χ1v) is 3.49. The molecule has 0 atom stereocenters. The highest BCUT2D eigenvalue weighted by Gasteiger charge is 1.89. The Labute approximate surface area is 63.4 Å². The van der Waals surface area contributed by atoms with Crippen LogP contribution in [-0.2, 0) is 4.79 Å². The first kappa shape index (κ1) is 11.9. The van der Waals surface area contributed by atoms with E-state index in [-0.39, 0.29) is 0 Å². The van der Waals surface area contributed by atoms with Crippen molar-refractivity contribution >= 4 is 6.29 Å². The predicted octanol–water partition coefficient (Wildman–Crippen LogP) is 2.73. The second-order valence-corrected chi connectivity index (χ2v) is 1.64. The van der Waals surface area contributed by atoms with Crippen molar-refractivity contribution in [3.8, 4) is 0 Å². The molecule has 0 aromatic rings. The van der Waals surface area contributed by atoms with Gasteiger partial charge in [0.25, 0.3) is 0 Å². The third kappa shape index (κ3) is 5.29. The van der Waals surface area contributed by atoms with Crippen LogP contribution in [0.1, 0.15) is 27.7 Å². The van der Waals surface area contributed by atoms with Gasteiger partial charge in [-0.05, 0) is 19.4 Å². The van der Waals surface area contributed by atoms with Crippen LogP contribution in [0.25, 0.3) is 0 Å². The standard InChI is InChI=1S/C7H10O.C2H6/c1-4-7(5-8)6(2)3;1-2/h4-5H,2H2,1,3H3;1-2H3/b7-4-;. The molecule has 0 spiro atoms. The van der Waals surface area contributed by atoms with Gasteiger partial charge in [0.05, 0.1) is 0 Å². The minimum absolute atomic E-state index is 0.685. The van der Waals surface area contributed by atoms with Gasteiger partial charge >= 0.3 is 0 Å². The van der Waals surface area contributed by atoms with Crippen molar-refractivity contribution in [3.63, 3.8) is 0 Å². The fourth-order valence-electron chi connectivity index (χ4n) is 0.415. The number of rotatable bonds is 2. The van der Waals surface area contributed by atoms with Gasteiger partial charge in [-0.15, -0.1) is 0 Å². The zero-order chi connectivity index (χ0) is 8.57. The molecule has 0 saturated heterocycles. The molecule has 0 rings (SSSR count). The van der Waals surface area contributed by atoms with Gasteiger partial charge in [0.1, 0.15) is 6.29 Å². The summed E-state index contributed by atoms with van der Waals surface area (Å²) < 4.78 is 0. The lowest BCUT2D eigenvalue weighted by Crippen LogP contribution is -1.82. The molecule has 0 bridgehead atoms. The maximum absolute atomic E-state index is 10.0. The van der Waals surface area contributed by atoms with Crippen LogP contribution in [0.2, 0.25) is 0 Å². The van der Waals surface area contributed by atoms with Crippen molar-refractivity contribution < 1.29 is 4.79 Å². The molecule has 0 radical (unpaired) electrons. The topological polar surface area (TPSA) is 17.1 Å². The van der Waals surface area contributed by atoms with Crippen LogP contribution < -0.4 is 0 Å². The van der Waals surface area contributed by atoms with Crippen molar-refractivity contribution in [1.82, 2.24) is 0 Å². The predicted molar refractivity (Wildman–Crippen MR) is 46.0 cm³/mol. The van der Waals surface area contributed by atoms with Crippen LogP contribution in [-0.4, -0.2) is 6.29 Å². The molecule has 0 aromatic carbocycles. The number of aldehydes is 1. The highest BCUT2D eigenvalue weighted by molar-refractivity contribution is 5.79. The van der Waals surface area contributed by atoms with Gasteiger partial charge in [-0.2, -0.15) is 0 Å². The molecule has 1 nitrogen and oxygen atoms in total. The number of hydrogen-bond acceptors (Lipinski definition) is 1. The van der Waals surface area contributed by atoms with E-state index in [0.29, 0.717) is 5.57 Å². The van der Waals surface area contributed by atoms with E-state index in [2.05, 4.69) is 6.58 Å². The third-order valence-electron chi connectivity index (χ3n) is 0.931. The lowest BCUT2D eigenvalue weighted by atomic mass is 10.1. The molecule has 0 N–H and O–H groups in total. The Morgan fingerprint density at radius 2 is 1.80 bits per heavy atom. The number of allylic oxidation sites excluding steroid dienone is 3. The molecule has 0 aliphatic carbocycles. The molecular weight excluding hydrogens is 124 g/mol. The van der Waals surface area contributed by atoms with E-state index in [1.165, 1.54) is 0 Å². The minimum atomic E-state index is 0.685. The summed E-state index contributed by atoms with van der Waals surface area (Å²) in [6.45, 7) is 11.2. The highest BCUT2D eigenvalue weighted by Crippen LogP contribution is 2.00. The van der Waals surface area contributed by atoms with Crippen molar-refractivity contribution in [2.45, 2.75) is 27.7 Å². The molecule has 0 aromatic heterocycles. The smallest absolute Gasteiger partial charge is 0.149 e. The normalized spacial score (nSPS) is 9.40. The molecule has 58 valence electrons. The Kier molecular flexibility index (Phi) is 9.69. The van der Waals surface area contributed by atoms with E-state index in [9.17, 15) is 4.79 Å². The van der Waals surface area contributed by atoms with E-state index < -0.39 is 0 Å². The van der Waals surface area contributed by atoms with Crippen LogP contribution in [0.15, 0.2) is 23.8 Å². The molecule has 1 heteroatoms. The van der Waals surface area contributed by atoms with Crippen molar-refractivity contribution in [3.05, 3.63) is 23.8 Å². The first-order valence-electron chi connectivity index (χ1n) is 3.49. The molecule has 0 amide bonds. The van der Waals surface area contributed by atoms with E-state index in [4.69, 9.17) is 0 Å². The van der Waals surface area contributed by atoms with Gasteiger partial charge in [0, 0.05) is 5.57 Å². The largest absolute Gasteiger partial charge is 0.298 e. The number of carbonyl (C=O) groups excluding carboxylic acids is 1. The fraction of sp³-hybridized carbons (Fsp3) is 0.444. The number of hydrogen-bond donors (Lipinski definition) is 0. The molecule has 0 heterocycles. The Hall–Kier alpha value is -0.850. The van der Waals surface area contributed by atoms with Gasteiger partial charge < -0.3 is 0 Å². The molecule has 0 unspecified atom stereocenters. The molecule has 0 saturated carbocycles. The second kappa shape index (κ2) is 8.15. The molecular formula is C9H16O. The summed E-state index contributed by atoms with van der Waals surface area (Å²) in [5.41, 5.74) is 1.51. The summed E-state index contributed by atoms with van der Waals surface area (Å²) in [6.07, 6.45) is 2.55. The molecule has 0 fully saturated rings. The monoisotopic (exact) mass is 140 g/mol. The highest BCUT2D eigenvalue weighted by atomic mass is 16.1. The zero-order valence-electron chi connectivity index (χ0n) is 7.27. The third-order valence-corrected chi connectivity index (χ3v) is 0.931. The van der Waals surface area contributed by atoms with Crippen LogP contribution in [0.4, 0.5) is 0 Å². The van der Waals surface area contributed by atoms with Gasteiger partial charge in [0.15, 0.2) is 0 Å². The van der Waals surface area contributed by atoms with Crippen molar-refractivity contribution in [2.75, 3.05) is 0 Å². The zero-order valence-corrected chi connectivity index (χ0v) is 7.27. The fourth-order valence-corrected chi connectivity index (χ4v) is 0.415. The Balaban J connectivity index is 0. The van der Waals surface area contributed by atoms with E-state index in [0.717, 1.165) is 11.9 Å².